The summed E-state index contributed by atoms with van der Waals surface area (Å²) in [7, 11) is 0. The molecule has 0 aromatic rings. The van der Waals surface area contributed by atoms with Gasteiger partial charge < -0.3 is 10.4 Å². The van der Waals surface area contributed by atoms with E-state index in [1.807, 2.05) is 13.8 Å². The lowest BCUT2D eigenvalue weighted by molar-refractivity contribution is -0.0713. The Morgan fingerprint density at radius 2 is 2.08 bits per heavy atom. The third-order valence-corrected chi connectivity index (χ3v) is 3.41. The summed E-state index contributed by atoms with van der Waals surface area (Å²) in [6.45, 7) is 5.45. The topological polar surface area (TPSA) is 56.0 Å². The van der Waals surface area contributed by atoms with Crippen LogP contribution in [0.25, 0.3) is 0 Å². The van der Waals surface area contributed by atoms with Crippen molar-refractivity contribution in [2.45, 2.75) is 38.7 Å². The van der Waals surface area contributed by atoms with Gasteiger partial charge in [-0.05, 0) is 39.3 Å². The highest BCUT2D eigenvalue weighted by atomic mass is 16.3. The lowest BCUT2D eigenvalue weighted by Crippen LogP contribution is -2.52. The number of rotatable bonds is 2. The highest BCUT2D eigenvalue weighted by molar-refractivity contribution is 5.09. The van der Waals surface area contributed by atoms with Crippen LogP contribution in [-0.2, 0) is 0 Å². The molecule has 74 valence electrons. The van der Waals surface area contributed by atoms with Gasteiger partial charge >= 0.3 is 0 Å². The molecule has 2 N–H and O–H groups in total. The van der Waals surface area contributed by atoms with E-state index in [1.54, 1.807) is 0 Å². The van der Waals surface area contributed by atoms with Gasteiger partial charge in [0.2, 0.25) is 0 Å². The molecule has 1 aliphatic rings. The molecule has 0 amide bonds. The summed E-state index contributed by atoms with van der Waals surface area (Å²) in [6, 6.07) is 2.26. The highest BCUT2D eigenvalue weighted by Crippen LogP contribution is 2.39. The average molecular weight is 182 g/mol. The van der Waals surface area contributed by atoms with Crippen LogP contribution in [0.5, 0.6) is 0 Å². The van der Waals surface area contributed by atoms with E-state index in [1.165, 1.54) is 0 Å². The summed E-state index contributed by atoms with van der Waals surface area (Å²) in [5, 5.41) is 22.6. The molecule has 0 saturated carbocycles. The molecule has 0 aromatic carbocycles. The van der Waals surface area contributed by atoms with Crippen molar-refractivity contribution in [1.29, 1.82) is 5.26 Å². The van der Waals surface area contributed by atoms with Crippen molar-refractivity contribution in [2.75, 3.05) is 13.1 Å². The van der Waals surface area contributed by atoms with Crippen molar-refractivity contribution in [3.05, 3.63) is 0 Å². The van der Waals surface area contributed by atoms with Crippen LogP contribution in [-0.4, -0.2) is 23.8 Å². The molecule has 0 spiro atoms. The molecule has 1 atom stereocenters. The first-order chi connectivity index (χ1) is 6.08. The second kappa shape index (κ2) is 3.65. The molecular weight excluding hydrogens is 164 g/mol. The number of nitrogens with one attached hydrogen (secondary N) is 1. The molecule has 0 aromatic heterocycles. The van der Waals surface area contributed by atoms with E-state index in [0.717, 1.165) is 13.1 Å². The normalized spacial score (nSPS) is 26.0. The maximum absolute atomic E-state index is 10.3. The molecule has 1 saturated heterocycles. The molecule has 3 heteroatoms. The van der Waals surface area contributed by atoms with Gasteiger partial charge in [0.15, 0.2) is 0 Å². The van der Waals surface area contributed by atoms with Crippen LogP contribution in [0.3, 0.4) is 0 Å². The number of hydrogen-bond acceptors (Lipinski definition) is 3. The van der Waals surface area contributed by atoms with Crippen molar-refractivity contribution >= 4 is 0 Å². The Labute approximate surface area is 79.8 Å². The minimum atomic E-state index is -0.790. The largest absolute Gasteiger partial charge is 0.388 e. The number of nitriles is 1. The lowest BCUT2D eigenvalue weighted by Gasteiger charge is -2.42. The van der Waals surface area contributed by atoms with Crippen molar-refractivity contribution in [3.63, 3.8) is 0 Å². The van der Waals surface area contributed by atoms with Gasteiger partial charge in [-0.3, -0.25) is 0 Å². The summed E-state index contributed by atoms with van der Waals surface area (Å²) >= 11 is 0. The van der Waals surface area contributed by atoms with E-state index in [4.69, 9.17) is 5.26 Å². The second-order valence-electron chi connectivity index (χ2n) is 4.08. The van der Waals surface area contributed by atoms with E-state index < -0.39 is 11.0 Å². The van der Waals surface area contributed by atoms with Gasteiger partial charge in [0.25, 0.3) is 0 Å². The van der Waals surface area contributed by atoms with Gasteiger partial charge in [0, 0.05) is 0 Å². The molecule has 1 heterocycles. The fourth-order valence-electron chi connectivity index (χ4n) is 1.90. The van der Waals surface area contributed by atoms with Crippen LogP contribution in [0.15, 0.2) is 0 Å². The predicted molar refractivity (Wildman–Crippen MR) is 51.1 cm³/mol. The predicted octanol–water partition coefficient (Wildman–Crippen LogP) is 1.04. The Morgan fingerprint density at radius 3 is 2.46 bits per heavy atom. The molecule has 1 rings (SSSR count). The summed E-state index contributed by atoms with van der Waals surface area (Å²) in [6.07, 6.45) is 2.08. The molecule has 1 aliphatic heterocycles. The minimum absolute atomic E-state index is 0.588. The van der Waals surface area contributed by atoms with Gasteiger partial charge in [-0.2, -0.15) is 5.26 Å². The summed E-state index contributed by atoms with van der Waals surface area (Å²) in [4.78, 5) is 0. The zero-order chi connectivity index (χ0) is 9.95. The molecule has 13 heavy (non-hydrogen) atoms. The van der Waals surface area contributed by atoms with E-state index in [2.05, 4.69) is 11.4 Å². The van der Waals surface area contributed by atoms with Gasteiger partial charge in [0.1, 0.15) is 0 Å². The first-order valence-electron chi connectivity index (χ1n) is 4.92. The molecule has 0 bridgehead atoms. The molecule has 3 nitrogen and oxygen atoms in total. The van der Waals surface area contributed by atoms with Gasteiger partial charge in [0.05, 0.1) is 17.1 Å². The van der Waals surface area contributed by atoms with Crippen LogP contribution in [0.4, 0.5) is 0 Å². The van der Waals surface area contributed by atoms with Crippen LogP contribution in [0.2, 0.25) is 0 Å². The highest BCUT2D eigenvalue weighted by Gasteiger charge is 2.46. The smallest absolute Gasteiger partial charge is 0.0854 e. The number of nitrogens with zero attached hydrogens (tertiary/aromatic N) is 1. The first-order valence-corrected chi connectivity index (χ1v) is 4.92. The van der Waals surface area contributed by atoms with E-state index in [9.17, 15) is 5.11 Å². The van der Waals surface area contributed by atoms with E-state index in [-0.39, 0.29) is 0 Å². The fourth-order valence-corrected chi connectivity index (χ4v) is 1.90. The third kappa shape index (κ3) is 1.70. The van der Waals surface area contributed by atoms with Gasteiger partial charge in [-0.1, -0.05) is 6.92 Å². The van der Waals surface area contributed by atoms with Crippen molar-refractivity contribution in [2.24, 2.45) is 5.41 Å². The average Bonchev–Trinajstić information content (AvgIpc) is 2.17. The minimum Gasteiger partial charge on any atom is -0.388 e. The van der Waals surface area contributed by atoms with E-state index in [0.29, 0.717) is 19.3 Å². The number of aliphatic hydroxyl groups is 1. The zero-order valence-electron chi connectivity index (χ0n) is 8.43. The Hall–Kier alpha value is -0.590. The van der Waals surface area contributed by atoms with Crippen molar-refractivity contribution in [3.8, 4) is 6.07 Å². The van der Waals surface area contributed by atoms with Crippen LogP contribution in [0, 0.1) is 16.7 Å². The van der Waals surface area contributed by atoms with E-state index >= 15 is 0 Å². The Kier molecular flexibility index (Phi) is 2.94. The van der Waals surface area contributed by atoms with Crippen molar-refractivity contribution < 1.29 is 5.11 Å². The Balaban J connectivity index is 2.82. The van der Waals surface area contributed by atoms with Crippen molar-refractivity contribution in [1.82, 2.24) is 5.32 Å². The summed E-state index contributed by atoms with van der Waals surface area (Å²) in [5.74, 6) is 0. The first kappa shape index (κ1) is 10.5. The lowest BCUT2D eigenvalue weighted by atomic mass is 9.68. The molecule has 1 unspecified atom stereocenters. The summed E-state index contributed by atoms with van der Waals surface area (Å²) in [5.41, 5.74) is -1.38. The quantitative estimate of drug-likeness (QED) is 0.671. The van der Waals surface area contributed by atoms with Crippen LogP contribution < -0.4 is 5.32 Å². The van der Waals surface area contributed by atoms with Crippen LogP contribution in [0.1, 0.15) is 33.1 Å². The Bertz CT molecular complexity index is 215. The second-order valence-corrected chi connectivity index (χ2v) is 4.08. The molecule has 1 fully saturated rings. The molecule has 0 aliphatic carbocycles. The van der Waals surface area contributed by atoms with Gasteiger partial charge in [-0.15, -0.1) is 0 Å². The SMILES string of the molecule is CCC(C)(C#N)C1(O)CCNCC1. The van der Waals surface area contributed by atoms with Gasteiger partial charge in [-0.25, -0.2) is 0 Å². The number of hydrogen-bond donors (Lipinski definition) is 2. The molecule has 0 radical (unpaired) electrons. The fraction of sp³-hybridized carbons (Fsp3) is 0.900. The molecular formula is C10H18N2O. The monoisotopic (exact) mass is 182 g/mol. The third-order valence-electron chi connectivity index (χ3n) is 3.41. The maximum Gasteiger partial charge on any atom is 0.0854 e. The maximum atomic E-state index is 10.3. The standard InChI is InChI=1S/C10H18N2O/c1-3-9(2,8-11)10(13)4-6-12-7-5-10/h12-13H,3-7H2,1-2H3. The number of piperidine rings is 1. The Morgan fingerprint density at radius 1 is 1.54 bits per heavy atom. The summed E-state index contributed by atoms with van der Waals surface area (Å²) < 4.78 is 0. The van der Waals surface area contributed by atoms with Crippen LogP contribution >= 0.6 is 0 Å². The zero-order valence-corrected chi connectivity index (χ0v) is 8.43.